The predicted octanol–water partition coefficient (Wildman–Crippen LogP) is 3.60. The molecule has 1 unspecified atom stereocenters. The fraction of sp³-hybridized carbons (Fsp3) is 0.308. The van der Waals surface area contributed by atoms with E-state index in [2.05, 4.69) is 4.98 Å². The van der Waals surface area contributed by atoms with Gasteiger partial charge in [0, 0.05) is 16.5 Å². The molecule has 2 aromatic rings. The molecule has 2 N–H and O–H groups in total. The van der Waals surface area contributed by atoms with Gasteiger partial charge in [0.25, 0.3) is 5.22 Å². The third kappa shape index (κ3) is 2.57. The zero-order chi connectivity index (χ0) is 13.3. The Morgan fingerprint density at radius 3 is 2.67 bits per heavy atom. The number of oxazole rings is 1. The van der Waals surface area contributed by atoms with Crippen molar-refractivity contribution in [1.29, 1.82) is 0 Å². The van der Waals surface area contributed by atoms with Crippen LogP contribution < -0.4 is 5.73 Å². The maximum Gasteiger partial charge on any atom is 0.261 e. The Bertz CT molecular complexity index is 547. The van der Waals surface area contributed by atoms with Crippen LogP contribution in [0.2, 0.25) is 0 Å². The summed E-state index contributed by atoms with van der Waals surface area (Å²) >= 11 is 1.29. The molecular formula is C13H15FN2OS. The van der Waals surface area contributed by atoms with E-state index in [9.17, 15) is 4.39 Å². The van der Waals surface area contributed by atoms with Gasteiger partial charge < -0.3 is 10.2 Å². The molecule has 5 heteroatoms. The SMILES string of the molecule is Cc1nc(Sc2cccc(F)c2C(C)N)oc1C. The lowest BCUT2D eigenvalue weighted by Crippen LogP contribution is -2.08. The highest BCUT2D eigenvalue weighted by molar-refractivity contribution is 7.99. The minimum atomic E-state index is -0.370. The van der Waals surface area contributed by atoms with Crippen molar-refractivity contribution in [3.05, 3.63) is 41.0 Å². The van der Waals surface area contributed by atoms with Crippen LogP contribution in [0.4, 0.5) is 4.39 Å². The van der Waals surface area contributed by atoms with Crippen LogP contribution in [0.5, 0.6) is 0 Å². The number of nitrogens with two attached hydrogens (primary N) is 1. The van der Waals surface area contributed by atoms with Crippen LogP contribution in [0.1, 0.15) is 30.0 Å². The molecule has 96 valence electrons. The van der Waals surface area contributed by atoms with Gasteiger partial charge in [-0.25, -0.2) is 9.37 Å². The van der Waals surface area contributed by atoms with Crippen molar-refractivity contribution < 1.29 is 8.81 Å². The van der Waals surface area contributed by atoms with E-state index in [4.69, 9.17) is 10.2 Å². The summed E-state index contributed by atoms with van der Waals surface area (Å²) in [5.41, 5.74) is 7.14. The number of halogens is 1. The third-order valence-corrected chi connectivity index (χ3v) is 3.60. The molecule has 2 rings (SSSR count). The molecular weight excluding hydrogens is 251 g/mol. The lowest BCUT2D eigenvalue weighted by Gasteiger charge is -2.11. The molecule has 0 saturated heterocycles. The highest BCUT2D eigenvalue weighted by Gasteiger charge is 2.16. The Hall–Kier alpha value is -1.33. The van der Waals surface area contributed by atoms with E-state index in [1.54, 1.807) is 13.0 Å². The molecule has 0 aliphatic carbocycles. The second kappa shape index (κ2) is 5.12. The molecule has 3 nitrogen and oxygen atoms in total. The summed E-state index contributed by atoms with van der Waals surface area (Å²) in [4.78, 5) is 5.01. The minimum absolute atomic E-state index is 0.296. The highest BCUT2D eigenvalue weighted by atomic mass is 32.2. The van der Waals surface area contributed by atoms with Gasteiger partial charge in [-0.15, -0.1) is 0 Å². The minimum Gasteiger partial charge on any atom is -0.436 e. The summed E-state index contributed by atoms with van der Waals surface area (Å²) < 4.78 is 19.2. The lowest BCUT2D eigenvalue weighted by molar-refractivity contribution is 0.431. The molecule has 1 heterocycles. The Balaban J connectivity index is 2.37. The predicted molar refractivity (Wildman–Crippen MR) is 69.1 cm³/mol. The van der Waals surface area contributed by atoms with Gasteiger partial charge in [0.1, 0.15) is 11.6 Å². The van der Waals surface area contributed by atoms with E-state index in [1.807, 2.05) is 19.9 Å². The fourth-order valence-corrected chi connectivity index (χ4v) is 2.71. The summed E-state index contributed by atoms with van der Waals surface area (Å²) in [6.45, 7) is 5.49. The van der Waals surface area contributed by atoms with Crippen molar-refractivity contribution in [2.45, 2.75) is 36.9 Å². The third-order valence-electron chi connectivity index (χ3n) is 2.67. The lowest BCUT2D eigenvalue weighted by atomic mass is 10.1. The van der Waals surface area contributed by atoms with Crippen LogP contribution in [0.3, 0.4) is 0 Å². The topological polar surface area (TPSA) is 52.0 Å². The van der Waals surface area contributed by atoms with Gasteiger partial charge in [0.05, 0.1) is 5.69 Å². The monoisotopic (exact) mass is 266 g/mol. The molecule has 0 aliphatic rings. The Morgan fingerprint density at radius 1 is 1.39 bits per heavy atom. The summed E-state index contributed by atoms with van der Waals surface area (Å²) in [7, 11) is 0. The van der Waals surface area contributed by atoms with Gasteiger partial charge in [-0.1, -0.05) is 6.07 Å². The van der Waals surface area contributed by atoms with Gasteiger partial charge in [-0.2, -0.15) is 0 Å². The number of aryl methyl sites for hydroxylation is 2. The van der Waals surface area contributed by atoms with Crippen molar-refractivity contribution in [3.8, 4) is 0 Å². The number of hydrogen-bond donors (Lipinski definition) is 1. The maximum atomic E-state index is 13.7. The molecule has 0 spiro atoms. The van der Waals surface area contributed by atoms with Crippen molar-refractivity contribution in [1.82, 2.24) is 4.98 Å². The first-order chi connectivity index (χ1) is 8.49. The van der Waals surface area contributed by atoms with Crippen LogP contribution in [-0.4, -0.2) is 4.98 Å². The Labute approximate surface area is 110 Å². The zero-order valence-electron chi connectivity index (χ0n) is 10.5. The van der Waals surface area contributed by atoms with Crippen LogP contribution in [0, 0.1) is 19.7 Å². The smallest absolute Gasteiger partial charge is 0.261 e. The maximum absolute atomic E-state index is 13.7. The molecule has 18 heavy (non-hydrogen) atoms. The average Bonchev–Trinajstić information content (AvgIpc) is 2.57. The normalized spacial score (nSPS) is 12.7. The molecule has 0 radical (unpaired) electrons. The van der Waals surface area contributed by atoms with Crippen LogP contribution in [0.25, 0.3) is 0 Å². The van der Waals surface area contributed by atoms with Crippen LogP contribution in [0.15, 0.2) is 32.7 Å². The van der Waals surface area contributed by atoms with Gasteiger partial charge >= 0.3 is 0 Å². The van der Waals surface area contributed by atoms with Gasteiger partial charge in [-0.3, -0.25) is 0 Å². The van der Waals surface area contributed by atoms with Gasteiger partial charge in [-0.05, 0) is 44.7 Å². The Kier molecular flexibility index (Phi) is 3.73. The number of rotatable bonds is 3. The van der Waals surface area contributed by atoms with E-state index in [0.717, 1.165) is 16.3 Å². The molecule has 0 bridgehead atoms. The first-order valence-corrected chi connectivity index (χ1v) is 6.46. The first-order valence-electron chi connectivity index (χ1n) is 5.65. The van der Waals surface area contributed by atoms with E-state index in [-0.39, 0.29) is 11.9 Å². The Morgan fingerprint density at radius 2 is 2.11 bits per heavy atom. The number of nitrogens with zero attached hydrogens (tertiary/aromatic N) is 1. The van der Waals surface area contributed by atoms with Crippen molar-refractivity contribution >= 4 is 11.8 Å². The number of aromatic nitrogens is 1. The van der Waals surface area contributed by atoms with Crippen LogP contribution in [-0.2, 0) is 0 Å². The van der Waals surface area contributed by atoms with Crippen molar-refractivity contribution in [2.75, 3.05) is 0 Å². The fourth-order valence-electron chi connectivity index (χ4n) is 1.63. The molecule has 0 amide bonds. The van der Waals surface area contributed by atoms with Crippen LogP contribution >= 0.6 is 11.8 Å². The molecule has 0 aliphatic heterocycles. The molecule has 0 saturated carbocycles. The number of benzene rings is 1. The molecule has 1 atom stereocenters. The molecule has 1 aromatic heterocycles. The first kappa shape index (κ1) is 13.1. The van der Waals surface area contributed by atoms with E-state index in [1.165, 1.54) is 17.8 Å². The zero-order valence-corrected chi connectivity index (χ0v) is 11.3. The summed E-state index contributed by atoms with van der Waals surface area (Å²) in [5.74, 6) is 0.478. The second-order valence-corrected chi connectivity index (χ2v) is 5.16. The van der Waals surface area contributed by atoms with E-state index < -0.39 is 0 Å². The van der Waals surface area contributed by atoms with Crippen molar-refractivity contribution in [3.63, 3.8) is 0 Å². The number of hydrogen-bond acceptors (Lipinski definition) is 4. The van der Waals surface area contributed by atoms with E-state index in [0.29, 0.717) is 10.8 Å². The summed E-state index contributed by atoms with van der Waals surface area (Å²) in [6, 6.07) is 4.52. The standard InChI is InChI=1S/C13H15FN2OS/c1-7(15)12-10(14)5-4-6-11(12)18-13-16-8(2)9(3)17-13/h4-7H,15H2,1-3H3. The van der Waals surface area contributed by atoms with Gasteiger partial charge in [0.2, 0.25) is 0 Å². The largest absolute Gasteiger partial charge is 0.436 e. The summed E-state index contributed by atoms with van der Waals surface area (Å²) in [6.07, 6.45) is 0. The molecule has 1 aromatic carbocycles. The molecule has 0 fully saturated rings. The second-order valence-electron chi connectivity index (χ2n) is 4.16. The highest BCUT2D eigenvalue weighted by Crippen LogP contribution is 2.34. The quantitative estimate of drug-likeness (QED) is 0.922. The van der Waals surface area contributed by atoms with Crippen molar-refractivity contribution in [2.24, 2.45) is 5.73 Å². The van der Waals surface area contributed by atoms with E-state index >= 15 is 0 Å². The summed E-state index contributed by atoms with van der Waals surface area (Å²) in [5, 5.41) is 0.512. The van der Waals surface area contributed by atoms with Gasteiger partial charge in [0.15, 0.2) is 0 Å². The average molecular weight is 266 g/mol.